The van der Waals surface area contributed by atoms with E-state index in [1.54, 1.807) is 0 Å². The van der Waals surface area contributed by atoms with Gasteiger partial charge in [-0.1, -0.05) is 194 Å². The molecule has 0 unspecified atom stereocenters. The number of carbonyl (C=O) groups excluding carboxylic acids is 3. The molecule has 3 amide bonds. The van der Waals surface area contributed by atoms with Crippen LogP contribution in [-0.2, 0) is 15.6 Å². The van der Waals surface area contributed by atoms with Crippen LogP contribution in [0.2, 0.25) is 0 Å². The Balaban J connectivity index is 1.98. The fraction of sp³-hybridized carbons (Fsp3) is 0.875. The zero-order valence-corrected chi connectivity index (χ0v) is 58.3. The van der Waals surface area contributed by atoms with Crippen LogP contribution >= 0.6 is 0 Å². The number of ether oxygens (including phenoxy) is 3. The van der Waals surface area contributed by atoms with Gasteiger partial charge in [0.05, 0.1) is 19.8 Å². The molecule has 501 valence electrons. The third-order valence-electron chi connectivity index (χ3n) is 19.1. The maximum absolute atomic E-state index is 16.0. The number of carbonyl (C=O) groups is 3. The number of hydrogen-bond acceptors (Lipinski definition) is 9. The molecule has 0 atom stereocenters. The average molecular weight is 1220 g/mol. The number of hydrogen-bond donors (Lipinski definition) is 3. The Bertz CT molecular complexity index is 1880. The first-order chi connectivity index (χ1) is 41.1. The molecule has 15 heteroatoms. The van der Waals surface area contributed by atoms with Crippen LogP contribution in [0.15, 0.2) is 0 Å². The number of rotatable bonds is 42. The van der Waals surface area contributed by atoms with Gasteiger partial charge in [-0.15, -0.1) is 30.8 Å². The van der Waals surface area contributed by atoms with E-state index in [0.29, 0.717) is 57.8 Å². The first kappa shape index (κ1) is 76.2. The van der Waals surface area contributed by atoms with Crippen LogP contribution < -0.4 is 30.2 Å². The molecule has 0 spiro atoms. The predicted octanol–water partition coefficient (Wildman–Crippen LogP) is 17.9. The largest absolute Gasteiger partial charge is 0.492 e. The molecule has 3 aliphatic heterocycles. The Morgan fingerprint density at radius 3 is 0.644 bits per heavy atom. The van der Waals surface area contributed by atoms with Crippen molar-refractivity contribution in [2.75, 3.05) is 19.8 Å². The summed E-state index contributed by atoms with van der Waals surface area (Å²) in [5, 5.41) is 54.8. The number of nitrogens with zero attached hydrogens (tertiary/aromatic N) is 3. The van der Waals surface area contributed by atoms with Gasteiger partial charge in [0.15, 0.2) is 17.2 Å². The summed E-state index contributed by atoms with van der Waals surface area (Å²) in [5.41, 5.74) is -5.11. The number of piperidine rings is 3. The fourth-order valence-corrected chi connectivity index (χ4v) is 14.9. The van der Waals surface area contributed by atoms with Crippen molar-refractivity contribution in [1.82, 2.24) is 31.1 Å². The molecule has 4 rings (SSSR count). The Morgan fingerprint density at radius 1 is 0.310 bits per heavy atom. The zero-order valence-electron chi connectivity index (χ0n) is 58.3. The van der Waals surface area contributed by atoms with Crippen molar-refractivity contribution in [2.24, 2.45) is 0 Å². The lowest BCUT2D eigenvalue weighted by atomic mass is 9.78. The van der Waals surface area contributed by atoms with E-state index in [1.807, 2.05) is 83.1 Å². The summed E-state index contributed by atoms with van der Waals surface area (Å²) in [4.78, 5) is 48.1. The average Bonchev–Trinajstić information content (AvgIpc) is 0.964. The lowest BCUT2D eigenvalue weighted by molar-refractivity contribution is -0.289. The fourth-order valence-electron chi connectivity index (χ4n) is 14.9. The van der Waals surface area contributed by atoms with Crippen molar-refractivity contribution in [2.45, 2.75) is 386 Å². The van der Waals surface area contributed by atoms with Crippen molar-refractivity contribution in [1.29, 1.82) is 0 Å². The molecular formula is C72H129N6O9. The normalized spacial score (nSPS) is 19.7. The van der Waals surface area contributed by atoms with Crippen molar-refractivity contribution >= 4 is 17.7 Å². The van der Waals surface area contributed by atoms with Gasteiger partial charge in [-0.3, -0.25) is 14.4 Å². The first-order valence-electron chi connectivity index (χ1n) is 35.5. The summed E-state index contributed by atoms with van der Waals surface area (Å²) in [6, 6.07) is -1.41. The SMILES string of the molecule is CCCCCCCCCCCCOc1c(C(=O)NC2CC(C)(C)N([O])C(C)(C)C2)c(OCCCCCCCCCCCC)c(C(=O)NC2CC(C)(C)N([O])C(C)(C)C2)c(OCCCCCCCCCCCC)c1C(=O)NC1CC(C)(C)N([O])C(C)(C)C1. The second-order valence-electron chi connectivity index (χ2n) is 30.7. The number of hydroxylamine groups is 6. The minimum absolute atomic E-state index is 0.00453. The van der Waals surface area contributed by atoms with E-state index in [9.17, 15) is 15.6 Å². The molecule has 3 heterocycles. The summed E-state index contributed by atoms with van der Waals surface area (Å²) in [6.45, 7) is 30.0. The maximum atomic E-state index is 16.0. The molecule has 3 N–H and O–H groups in total. The van der Waals surface area contributed by atoms with Crippen LogP contribution in [0.5, 0.6) is 17.2 Å². The van der Waals surface area contributed by atoms with Gasteiger partial charge >= 0.3 is 0 Å². The van der Waals surface area contributed by atoms with E-state index >= 15 is 14.4 Å². The molecule has 1 aromatic carbocycles. The van der Waals surface area contributed by atoms with Gasteiger partial charge in [0.2, 0.25) is 0 Å². The highest BCUT2D eigenvalue weighted by Gasteiger charge is 2.50. The molecule has 0 bridgehead atoms. The molecular weight excluding hydrogens is 1090 g/mol. The first-order valence-corrected chi connectivity index (χ1v) is 35.5. The molecule has 0 saturated carbocycles. The quantitative estimate of drug-likeness (QED) is 0.0536. The molecule has 1 aromatic rings. The molecule has 15 nitrogen and oxygen atoms in total. The number of unbranched alkanes of at least 4 members (excludes halogenated alkanes) is 27. The van der Waals surface area contributed by atoms with Crippen molar-refractivity contribution < 1.29 is 44.2 Å². The molecule has 3 fully saturated rings. The van der Waals surface area contributed by atoms with Crippen LogP contribution in [0, 0.1) is 0 Å². The van der Waals surface area contributed by atoms with Crippen LogP contribution in [0.3, 0.4) is 0 Å². The second kappa shape index (κ2) is 36.7. The van der Waals surface area contributed by atoms with Gasteiger partial charge in [0.25, 0.3) is 17.7 Å². The van der Waals surface area contributed by atoms with Gasteiger partial charge < -0.3 is 30.2 Å². The minimum atomic E-state index is -0.825. The monoisotopic (exact) mass is 1220 g/mol. The Labute approximate surface area is 530 Å². The Hall–Kier alpha value is -3.21. The Morgan fingerprint density at radius 2 is 0.471 bits per heavy atom. The summed E-state index contributed by atoms with van der Waals surface area (Å²) < 4.78 is 21.1. The maximum Gasteiger partial charge on any atom is 0.259 e. The van der Waals surface area contributed by atoms with Gasteiger partial charge in [0.1, 0.15) is 16.7 Å². The molecule has 3 radical (unpaired) electrons. The van der Waals surface area contributed by atoms with Crippen molar-refractivity contribution in [3.05, 3.63) is 16.7 Å². The summed E-state index contributed by atoms with van der Waals surface area (Å²) in [5.74, 6) is -1.73. The second-order valence-corrected chi connectivity index (χ2v) is 30.7. The van der Waals surface area contributed by atoms with E-state index in [-0.39, 0.29) is 53.8 Å². The summed E-state index contributed by atoms with van der Waals surface area (Å²) in [6.07, 6.45) is 35.3. The van der Waals surface area contributed by atoms with Crippen LogP contribution in [0.1, 0.15) is 366 Å². The third kappa shape index (κ3) is 24.1. The molecule has 3 saturated heterocycles. The van der Waals surface area contributed by atoms with Crippen molar-refractivity contribution in [3.8, 4) is 17.2 Å². The molecule has 3 aliphatic rings. The summed E-state index contributed by atoms with van der Waals surface area (Å²) >= 11 is 0. The molecule has 0 aromatic heterocycles. The van der Waals surface area contributed by atoms with Gasteiger partial charge in [-0.05, 0) is 141 Å². The minimum Gasteiger partial charge on any atom is -0.492 e. The zero-order chi connectivity index (χ0) is 64.5. The van der Waals surface area contributed by atoms with E-state index in [1.165, 1.54) is 116 Å². The molecule has 87 heavy (non-hydrogen) atoms. The van der Waals surface area contributed by atoms with E-state index in [2.05, 4.69) is 36.7 Å². The van der Waals surface area contributed by atoms with E-state index in [0.717, 1.165) is 73.0 Å². The highest BCUT2D eigenvalue weighted by Crippen LogP contribution is 2.47. The van der Waals surface area contributed by atoms with E-state index in [4.69, 9.17) is 14.2 Å². The Kier molecular flexibility index (Phi) is 32.2. The van der Waals surface area contributed by atoms with Crippen LogP contribution in [-0.4, -0.2) is 104 Å². The van der Waals surface area contributed by atoms with Crippen molar-refractivity contribution in [3.63, 3.8) is 0 Å². The lowest BCUT2D eigenvalue weighted by Gasteiger charge is -2.50. The van der Waals surface area contributed by atoms with Gasteiger partial charge in [-0.25, -0.2) is 0 Å². The predicted molar refractivity (Wildman–Crippen MR) is 352 cm³/mol. The summed E-state index contributed by atoms with van der Waals surface area (Å²) in [7, 11) is 0. The van der Waals surface area contributed by atoms with Gasteiger partial charge in [0, 0.05) is 51.4 Å². The smallest absolute Gasteiger partial charge is 0.259 e. The topological polar surface area (TPSA) is 184 Å². The lowest BCUT2D eigenvalue weighted by Crippen LogP contribution is -2.62. The number of nitrogens with one attached hydrogen (secondary N) is 3. The standard InChI is InChI=1S/C72H129N6O9/c1-16-19-22-25-28-31-34-37-40-43-46-85-61-58(64(79)73-55-49-67(4,5)76(82)68(6,7)50-55)62(86-47-44-41-38-35-32-29-26-23-20-17-2)60(66(81)75-57-53-71(12,13)78(84)72(14,15)54-57)63(87-48-45-42-39-36-33-30-27-24-21-18-3)59(61)65(80)74-56-51-69(8,9)77(83)70(10,11)52-56/h55-57H,16-54H2,1-15H3,(H,73,79)(H,74,80)(H,75,81). The van der Waals surface area contributed by atoms with E-state index < -0.39 is 69.1 Å². The highest BCUT2D eigenvalue weighted by atomic mass is 16.5. The molecule has 0 aliphatic carbocycles. The van der Waals surface area contributed by atoms with Crippen LogP contribution in [0.4, 0.5) is 0 Å². The van der Waals surface area contributed by atoms with Crippen LogP contribution in [0.25, 0.3) is 0 Å². The number of benzene rings is 1. The third-order valence-corrected chi connectivity index (χ3v) is 19.1. The number of amides is 3. The van der Waals surface area contributed by atoms with Gasteiger partial charge in [-0.2, -0.15) is 0 Å². The highest BCUT2D eigenvalue weighted by molar-refractivity contribution is 6.14.